The summed E-state index contributed by atoms with van der Waals surface area (Å²) in [7, 11) is 1.87. The molecule has 1 atom stereocenters. The number of carbonyl (C=O) groups is 1. The first-order chi connectivity index (χ1) is 10.2. The number of aromatic nitrogens is 2. The lowest BCUT2D eigenvalue weighted by molar-refractivity contribution is -0.121. The van der Waals surface area contributed by atoms with Crippen molar-refractivity contribution < 1.29 is 9.32 Å². The van der Waals surface area contributed by atoms with Gasteiger partial charge in [-0.15, -0.1) is 0 Å². The molecule has 112 valence electrons. The second kappa shape index (κ2) is 7.54. The maximum atomic E-state index is 11.8. The first kappa shape index (κ1) is 15.2. The highest BCUT2D eigenvalue weighted by atomic mass is 16.5. The van der Waals surface area contributed by atoms with Crippen molar-refractivity contribution in [3.63, 3.8) is 0 Å². The molecule has 0 saturated carbocycles. The van der Waals surface area contributed by atoms with Gasteiger partial charge in [-0.05, 0) is 39.1 Å². The fourth-order valence-corrected chi connectivity index (χ4v) is 1.91. The third kappa shape index (κ3) is 4.39. The van der Waals surface area contributed by atoms with Gasteiger partial charge < -0.3 is 15.2 Å². The van der Waals surface area contributed by atoms with Crippen LogP contribution in [0.1, 0.15) is 31.6 Å². The Bertz CT molecular complexity index is 568. The highest BCUT2D eigenvalue weighted by molar-refractivity contribution is 5.76. The Morgan fingerprint density at radius 2 is 2.10 bits per heavy atom. The van der Waals surface area contributed by atoms with Gasteiger partial charge in [-0.2, -0.15) is 4.98 Å². The topological polar surface area (TPSA) is 80.0 Å². The Morgan fingerprint density at radius 3 is 2.81 bits per heavy atom. The smallest absolute Gasteiger partial charge is 0.257 e. The lowest BCUT2D eigenvalue weighted by Crippen LogP contribution is -2.27. The fourth-order valence-electron chi connectivity index (χ4n) is 1.91. The quantitative estimate of drug-likeness (QED) is 0.761. The zero-order valence-corrected chi connectivity index (χ0v) is 12.3. The van der Waals surface area contributed by atoms with Crippen molar-refractivity contribution in [2.75, 3.05) is 13.6 Å². The van der Waals surface area contributed by atoms with Crippen LogP contribution in [0.4, 0.5) is 0 Å². The predicted molar refractivity (Wildman–Crippen MR) is 79.5 cm³/mol. The van der Waals surface area contributed by atoms with E-state index in [4.69, 9.17) is 4.52 Å². The van der Waals surface area contributed by atoms with Crippen LogP contribution in [0.5, 0.6) is 0 Å². The zero-order chi connectivity index (χ0) is 15.1. The van der Waals surface area contributed by atoms with Crippen molar-refractivity contribution in [2.45, 2.75) is 25.8 Å². The van der Waals surface area contributed by atoms with Gasteiger partial charge in [0.1, 0.15) is 0 Å². The van der Waals surface area contributed by atoms with E-state index >= 15 is 0 Å². The first-order valence-electron chi connectivity index (χ1n) is 7.03. The Labute approximate surface area is 123 Å². The summed E-state index contributed by atoms with van der Waals surface area (Å²) in [4.78, 5) is 16.1. The van der Waals surface area contributed by atoms with E-state index < -0.39 is 0 Å². The molecule has 2 rings (SSSR count). The fraction of sp³-hybridized carbons (Fsp3) is 0.400. The standard InChI is InChI=1S/C15H20N4O2/c1-11(17-13(20)9-6-10-16-2)14-18-15(21-19-14)12-7-4-3-5-8-12/h3-5,7-8,11,16H,6,9-10H2,1-2H3,(H,17,20). The summed E-state index contributed by atoms with van der Waals surface area (Å²) in [5, 5.41) is 9.81. The summed E-state index contributed by atoms with van der Waals surface area (Å²) in [6, 6.07) is 9.28. The van der Waals surface area contributed by atoms with Gasteiger partial charge in [0.2, 0.25) is 5.91 Å². The van der Waals surface area contributed by atoms with Gasteiger partial charge in [-0.3, -0.25) is 4.79 Å². The van der Waals surface area contributed by atoms with Gasteiger partial charge in [0.15, 0.2) is 5.82 Å². The molecule has 1 heterocycles. The first-order valence-corrected chi connectivity index (χ1v) is 7.03. The van der Waals surface area contributed by atoms with E-state index in [1.165, 1.54) is 0 Å². The molecule has 1 unspecified atom stereocenters. The van der Waals surface area contributed by atoms with Crippen molar-refractivity contribution in [2.24, 2.45) is 0 Å². The van der Waals surface area contributed by atoms with Gasteiger partial charge >= 0.3 is 0 Å². The van der Waals surface area contributed by atoms with E-state index in [9.17, 15) is 4.79 Å². The third-order valence-corrected chi connectivity index (χ3v) is 3.06. The molecule has 1 aromatic heterocycles. The molecule has 0 radical (unpaired) electrons. The van der Waals surface area contributed by atoms with E-state index in [1.54, 1.807) is 0 Å². The number of nitrogens with one attached hydrogen (secondary N) is 2. The Morgan fingerprint density at radius 1 is 1.33 bits per heavy atom. The summed E-state index contributed by atoms with van der Waals surface area (Å²) in [6.07, 6.45) is 1.28. The highest BCUT2D eigenvalue weighted by Gasteiger charge is 2.16. The van der Waals surface area contributed by atoms with Crippen LogP contribution in [-0.2, 0) is 4.79 Å². The Balaban J connectivity index is 1.93. The van der Waals surface area contributed by atoms with Crippen LogP contribution in [0.3, 0.4) is 0 Å². The van der Waals surface area contributed by atoms with Crippen LogP contribution in [0.2, 0.25) is 0 Å². The van der Waals surface area contributed by atoms with E-state index in [0.29, 0.717) is 18.1 Å². The molecule has 0 aliphatic rings. The average molecular weight is 288 g/mol. The van der Waals surface area contributed by atoms with Crippen LogP contribution in [0.25, 0.3) is 11.5 Å². The molecule has 21 heavy (non-hydrogen) atoms. The van der Waals surface area contributed by atoms with Gasteiger partial charge in [-0.25, -0.2) is 0 Å². The van der Waals surface area contributed by atoms with Crippen LogP contribution in [0.15, 0.2) is 34.9 Å². The highest BCUT2D eigenvalue weighted by Crippen LogP contribution is 2.18. The molecule has 2 aromatic rings. The molecule has 0 bridgehead atoms. The van der Waals surface area contributed by atoms with E-state index in [-0.39, 0.29) is 11.9 Å². The second-order valence-corrected chi connectivity index (χ2v) is 4.82. The molecule has 6 heteroatoms. The minimum absolute atomic E-state index is 0.0104. The maximum absolute atomic E-state index is 11.8. The third-order valence-electron chi connectivity index (χ3n) is 3.06. The summed E-state index contributed by atoms with van der Waals surface area (Å²) in [6.45, 7) is 2.66. The number of carbonyl (C=O) groups excluding carboxylic acids is 1. The Kier molecular flexibility index (Phi) is 5.45. The number of hydrogen-bond acceptors (Lipinski definition) is 5. The molecule has 1 aromatic carbocycles. The number of nitrogens with zero attached hydrogens (tertiary/aromatic N) is 2. The monoisotopic (exact) mass is 288 g/mol. The number of benzene rings is 1. The van der Waals surface area contributed by atoms with Crippen LogP contribution >= 0.6 is 0 Å². The van der Waals surface area contributed by atoms with E-state index in [1.807, 2.05) is 44.3 Å². The summed E-state index contributed by atoms with van der Waals surface area (Å²) >= 11 is 0. The lowest BCUT2D eigenvalue weighted by Gasteiger charge is -2.09. The normalized spacial score (nSPS) is 12.1. The molecular weight excluding hydrogens is 268 g/mol. The SMILES string of the molecule is CNCCCC(=O)NC(C)c1noc(-c2ccccc2)n1. The molecule has 2 N–H and O–H groups in total. The van der Waals surface area contributed by atoms with E-state index in [0.717, 1.165) is 18.5 Å². The minimum Gasteiger partial charge on any atom is -0.346 e. The molecule has 0 aliphatic heterocycles. The molecule has 0 saturated heterocycles. The van der Waals surface area contributed by atoms with Crippen LogP contribution in [0, 0.1) is 0 Å². The minimum atomic E-state index is -0.270. The zero-order valence-electron chi connectivity index (χ0n) is 12.3. The van der Waals surface area contributed by atoms with Gasteiger partial charge in [0.05, 0.1) is 6.04 Å². The summed E-state index contributed by atoms with van der Waals surface area (Å²) < 4.78 is 5.23. The predicted octanol–water partition coefficient (Wildman–Crippen LogP) is 1.91. The molecular formula is C15H20N4O2. The van der Waals surface area contributed by atoms with Gasteiger partial charge in [0.25, 0.3) is 5.89 Å². The lowest BCUT2D eigenvalue weighted by atomic mass is 10.2. The van der Waals surface area contributed by atoms with Crippen molar-refractivity contribution in [3.05, 3.63) is 36.2 Å². The molecule has 6 nitrogen and oxygen atoms in total. The number of amides is 1. The largest absolute Gasteiger partial charge is 0.346 e. The number of hydrogen-bond donors (Lipinski definition) is 2. The van der Waals surface area contributed by atoms with Crippen LogP contribution in [-0.4, -0.2) is 29.6 Å². The summed E-state index contributed by atoms with van der Waals surface area (Å²) in [5.41, 5.74) is 0.865. The average Bonchev–Trinajstić information content (AvgIpc) is 2.98. The van der Waals surface area contributed by atoms with Crippen molar-refractivity contribution >= 4 is 5.91 Å². The second-order valence-electron chi connectivity index (χ2n) is 4.82. The van der Waals surface area contributed by atoms with Gasteiger partial charge in [0, 0.05) is 12.0 Å². The van der Waals surface area contributed by atoms with Crippen LogP contribution < -0.4 is 10.6 Å². The van der Waals surface area contributed by atoms with Crippen molar-refractivity contribution in [3.8, 4) is 11.5 Å². The summed E-state index contributed by atoms with van der Waals surface area (Å²) in [5.74, 6) is 0.932. The number of rotatable bonds is 7. The molecule has 0 spiro atoms. The van der Waals surface area contributed by atoms with Crippen molar-refractivity contribution in [1.29, 1.82) is 0 Å². The van der Waals surface area contributed by atoms with Crippen molar-refractivity contribution in [1.82, 2.24) is 20.8 Å². The molecule has 1 amide bonds. The Hall–Kier alpha value is -2.21. The van der Waals surface area contributed by atoms with Gasteiger partial charge in [-0.1, -0.05) is 23.4 Å². The molecule has 0 fully saturated rings. The van der Waals surface area contributed by atoms with E-state index in [2.05, 4.69) is 20.8 Å². The maximum Gasteiger partial charge on any atom is 0.257 e. The molecule has 0 aliphatic carbocycles.